The molecule has 0 radical (unpaired) electrons. The zero-order valence-electron chi connectivity index (χ0n) is 9.33. The fourth-order valence-electron chi connectivity index (χ4n) is 1.25. The highest BCUT2D eigenvalue weighted by Gasteiger charge is 2.19. The van der Waals surface area contributed by atoms with Crippen molar-refractivity contribution in [2.75, 3.05) is 12.3 Å². The number of halogens is 1. The maximum absolute atomic E-state index is 11.9. The van der Waals surface area contributed by atoms with Crippen LogP contribution in [0.1, 0.15) is 13.3 Å². The molecule has 0 saturated carbocycles. The van der Waals surface area contributed by atoms with Crippen LogP contribution in [0, 0.1) is 11.8 Å². The number of hydrogen-bond donors (Lipinski definition) is 2. The Hall–Kier alpha value is -1.22. The summed E-state index contributed by atoms with van der Waals surface area (Å²) < 4.78 is 26.2. The van der Waals surface area contributed by atoms with E-state index in [2.05, 4.69) is 16.6 Å². The summed E-state index contributed by atoms with van der Waals surface area (Å²) in [6, 6.07) is 4.57. The molecule has 0 amide bonds. The second-order valence-corrected chi connectivity index (χ2v) is 5.34. The Morgan fingerprint density at radius 1 is 1.47 bits per heavy atom. The fourth-order valence-corrected chi connectivity index (χ4v) is 2.96. The molecule has 0 heterocycles. The van der Waals surface area contributed by atoms with Crippen LogP contribution in [0.25, 0.3) is 0 Å². The first-order valence-electron chi connectivity index (χ1n) is 4.92. The van der Waals surface area contributed by atoms with E-state index in [4.69, 9.17) is 17.3 Å². The van der Waals surface area contributed by atoms with E-state index in [9.17, 15) is 8.42 Å². The lowest BCUT2D eigenvalue weighted by Crippen LogP contribution is -2.25. The molecular formula is C11H13ClN2O2S. The lowest BCUT2D eigenvalue weighted by molar-refractivity contribution is 0.583. The first-order valence-corrected chi connectivity index (χ1v) is 6.78. The van der Waals surface area contributed by atoms with Gasteiger partial charge in [0.2, 0.25) is 10.0 Å². The average molecular weight is 273 g/mol. The molecule has 0 atom stereocenters. The maximum Gasteiger partial charge on any atom is 0.244 e. The molecule has 4 nitrogen and oxygen atoms in total. The second-order valence-electron chi connectivity index (χ2n) is 3.23. The Kier molecular flexibility index (Phi) is 4.82. The third-order valence-corrected chi connectivity index (χ3v) is 3.99. The molecule has 1 rings (SSSR count). The van der Waals surface area contributed by atoms with Gasteiger partial charge in [-0.3, -0.25) is 0 Å². The number of benzene rings is 1. The number of nitrogen functional groups attached to an aromatic ring is 1. The highest BCUT2D eigenvalue weighted by Crippen LogP contribution is 2.26. The molecule has 0 saturated heterocycles. The van der Waals surface area contributed by atoms with Gasteiger partial charge in [0.15, 0.2) is 0 Å². The summed E-state index contributed by atoms with van der Waals surface area (Å²) in [4.78, 5) is -0.0777. The summed E-state index contributed by atoms with van der Waals surface area (Å²) in [5.41, 5.74) is 5.74. The molecule has 0 aliphatic rings. The number of rotatable bonds is 4. The van der Waals surface area contributed by atoms with E-state index in [1.54, 1.807) is 13.0 Å². The predicted molar refractivity (Wildman–Crippen MR) is 69.1 cm³/mol. The topological polar surface area (TPSA) is 72.2 Å². The Labute approximate surface area is 106 Å². The van der Waals surface area contributed by atoms with Crippen molar-refractivity contribution in [3.63, 3.8) is 0 Å². The van der Waals surface area contributed by atoms with Crippen LogP contribution in [0.5, 0.6) is 0 Å². The zero-order chi connectivity index (χ0) is 12.9. The predicted octanol–water partition coefficient (Wildman–Crippen LogP) is 1.61. The zero-order valence-corrected chi connectivity index (χ0v) is 10.9. The van der Waals surface area contributed by atoms with Crippen molar-refractivity contribution in [2.45, 2.75) is 18.2 Å². The molecule has 0 aromatic heterocycles. The van der Waals surface area contributed by atoms with Crippen LogP contribution in [0.15, 0.2) is 23.1 Å². The first-order chi connectivity index (χ1) is 7.99. The van der Waals surface area contributed by atoms with E-state index in [0.29, 0.717) is 6.42 Å². The molecule has 6 heteroatoms. The van der Waals surface area contributed by atoms with Gasteiger partial charge in [-0.15, -0.1) is 11.8 Å². The Bertz CT molecular complexity index is 538. The molecular weight excluding hydrogens is 260 g/mol. The van der Waals surface area contributed by atoms with Crippen molar-refractivity contribution < 1.29 is 8.42 Å². The number of anilines is 1. The van der Waals surface area contributed by atoms with Crippen molar-refractivity contribution in [1.82, 2.24) is 4.72 Å². The van der Waals surface area contributed by atoms with Gasteiger partial charge in [-0.2, -0.15) is 0 Å². The van der Waals surface area contributed by atoms with Gasteiger partial charge in [-0.25, -0.2) is 13.1 Å². The van der Waals surface area contributed by atoms with E-state index in [0.717, 1.165) is 0 Å². The Morgan fingerprint density at radius 2 is 2.18 bits per heavy atom. The smallest absolute Gasteiger partial charge is 0.244 e. The average Bonchev–Trinajstić information content (AvgIpc) is 2.24. The first kappa shape index (κ1) is 13.8. The standard InChI is InChI=1S/C11H13ClN2O2S/c1-2-3-4-8-14-17(15,16)11-9(12)6-5-7-10(11)13/h5-7,14H,4,8,13H2,1H3. The van der Waals surface area contributed by atoms with Gasteiger partial charge >= 0.3 is 0 Å². The molecule has 0 unspecified atom stereocenters. The molecule has 0 fully saturated rings. The number of hydrogen-bond acceptors (Lipinski definition) is 3. The minimum atomic E-state index is -3.68. The SMILES string of the molecule is CC#CCCNS(=O)(=O)c1c(N)cccc1Cl. The summed E-state index contributed by atoms with van der Waals surface area (Å²) in [5.74, 6) is 5.44. The van der Waals surface area contributed by atoms with Crippen molar-refractivity contribution in [1.29, 1.82) is 0 Å². The number of nitrogens with two attached hydrogens (primary N) is 1. The maximum atomic E-state index is 11.9. The second kappa shape index (κ2) is 5.92. The molecule has 0 spiro atoms. The third-order valence-electron chi connectivity index (χ3n) is 1.99. The summed E-state index contributed by atoms with van der Waals surface area (Å²) >= 11 is 5.83. The van der Waals surface area contributed by atoms with E-state index >= 15 is 0 Å². The molecule has 17 heavy (non-hydrogen) atoms. The lowest BCUT2D eigenvalue weighted by atomic mass is 10.3. The van der Waals surface area contributed by atoms with Crippen molar-refractivity contribution in [3.05, 3.63) is 23.2 Å². The van der Waals surface area contributed by atoms with Gasteiger partial charge in [0.25, 0.3) is 0 Å². The summed E-state index contributed by atoms with van der Waals surface area (Å²) in [5, 5.41) is 0.110. The van der Waals surface area contributed by atoms with Gasteiger partial charge in [0, 0.05) is 13.0 Å². The van der Waals surface area contributed by atoms with Crippen LogP contribution in [0.3, 0.4) is 0 Å². The van der Waals surface area contributed by atoms with Crippen LogP contribution < -0.4 is 10.5 Å². The normalized spacial score (nSPS) is 10.7. The molecule has 92 valence electrons. The van der Waals surface area contributed by atoms with Crippen LogP contribution in [0.2, 0.25) is 5.02 Å². The molecule has 0 bridgehead atoms. The number of nitrogens with one attached hydrogen (secondary N) is 1. The van der Waals surface area contributed by atoms with Crippen molar-refractivity contribution in [3.8, 4) is 11.8 Å². The van der Waals surface area contributed by atoms with E-state index < -0.39 is 10.0 Å². The number of sulfonamides is 1. The Morgan fingerprint density at radius 3 is 2.76 bits per heavy atom. The molecule has 1 aromatic rings. The third kappa shape index (κ3) is 3.63. The van der Waals surface area contributed by atoms with Gasteiger partial charge in [-0.1, -0.05) is 17.7 Å². The summed E-state index contributed by atoms with van der Waals surface area (Å²) in [6.45, 7) is 1.92. The van der Waals surface area contributed by atoms with Crippen molar-refractivity contribution >= 4 is 27.3 Å². The Balaban J connectivity index is 2.93. The van der Waals surface area contributed by atoms with Crippen LogP contribution in [0.4, 0.5) is 5.69 Å². The minimum Gasteiger partial charge on any atom is -0.398 e. The fraction of sp³-hybridized carbons (Fsp3) is 0.273. The summed E-state index contributed by atoms with van der Waals surface area (Å²) in [7, 11) is -3.68. The molecule has 0 aliphatic heterocycles. The summed E-state index contributed by atoms with van der Waals surface area (Å²) in [6.07, 6.45) is 0.445. The van der Waals surface area contributed by atoms with Gasteiger partial charge in [0.1, 0.15) is 4.90 Å². The minimum absolute atomic E-state index is 0.0777. The van der Waals surface area contributed by atoms with Crippen LogP contribution in [-0.2, 0) is 10.0 Å². The monoisotopic (exact) mass is 272 g/mol. The van der Waals surface area contributed by atoms with Crippen molar-refractivity contribution in [2.24, 2.45) is 0 Å². The largest absolute Gasteiger partial charge is 0.398 e. The molecule has 3 N–H and O–H groups in total. The highest BCUT2D eigenvalue weighted by molar-refractivity contribution is 7.89. The molecule has 1 aromatic carbocycles. The van der Waals surface area contributed by atoms with E-state index in [-0.39, 0.29) is 22.2 Å². The van der Waals surface area contributed by atoms with Crippen LogP contribution in [-0.4, -0.2) is 15.0 Å². The van der Waals surface area contributed by atoms with Gasteiger partial charge in [-0.05, 0) is 19.1 Å². The quantitative estimate of drug-likeness (QED) is 0.497. The van der Waals surface area contributed by atoms with Gasteiger partial charge < -0.3 is 5.73 Å². The highest BCUT2D eigenvalue weighted by atomic mass is 35.5. The van der Waals surface area contributed by atoms with Gasteiger partial charge in [0.05, 0.1) is 10.7 Å². The van der Waals surface area contributed by atoms with E-state index in [1.165, 1.54) is 12.1 Å². The lowest BCUT2D eigenvalue weighted by Gasteiger charge is -2.09. The van der Waals surface area contributed by atoms with E-state index in [1.807, 2.05) is 0 Å². The van der Waals surface area contributed by atoms with Crippen LogP contribution >= 0.6 is 11.6 Å². The molecule has 0 aliphatic carbocycles.